The van der Waals surface area contributed by atoms with Crippen molar-refractivity contribution in [1.29, 1.82) is 5.26 Å². The number of aliphatic hydroxyl groups excluding tert-OH is 1. The molecule has 0 spiro atoms. The van der Waals surface area contributed by atoms with Crippen LogP contribution in [0.25, 0.3) is 0 Å². The van der Waals surface area contributed by atoms with Crippen LogP contribution >= 0.6 is 35.0 Å². The number of thioether (sulfide) groups is 1. The third kappa shape index (κ3) is 5.55. The van der Waals surface area contributed by atoms with Gasteiger partial charge in [0.2, 0.25) is 0 Å². The molecule has 3 unspecified atom stereocenters. The Balaban J connectivity index is 0.000000521. The number of piperazine rings is 1. The fourth-order valence-electron chi connectivity index (χ4n) is 2.86. The van der Waals surface area contributed by atoms with Gasteiger partial charge in [0.25, 0.3) is 6.26 Å². The topological polar surface area (TPSA) is 71.3 Å². The van der Waals surface area contributed by atoms with Gasteiger partial charge >= 0.3 is 0 Å². The first-order valence-corrected chi connectivity index (χ1v) is 10.9. The van der Waals surface area contributed by atoms with Crippen LogP contribution in [0, 0.1) is 11.5 Å². The predicted octanol–water partition coefficient (Wildman–Crippen LogP) is 3.67. The number of hydrogen-bond acceptors (Lipinski definition) is 8. The van der Waals surface area contributed by atoms with E-state index in [0.29, 0.717) is 18.1 Å². The zero-order valence-corrected chi connectivity index (χ0v) is 17.4. The summed E-state index contributed by atoms with van der Waals surface area (Å²) in [6.45, 7) is 10.6. The van der Waals surface area contributed by atoms with Gasteiger partial charge in [-0.15, -0.1) is 23.1 Å². The van der Waals surface area contributed by atoms with Gasteiger partial charge in [-0.2, -0.15) is 5.26 Å². The number of nitrogens with zero attached hydrogens (tertiary/aromatic N) is 2. The molecule has 1 aromatic heterocycles. The lowest BCUT2D eigenvalue weighted by atomic mass is 9.97. The molecule has 0 radical (unpaired) electrons. The van der Waals surface area contributed by atoms with Gasteiger partial charge < -0.3 is 10.4 Å². The molecule has 8 heteroatoms. The molecular formula is C16H28N4OS3. The first-order chi connectivity index (χ1) is 11.6. The van der Waals surface area contributed by atoms with Crippen LogP contribution in [0.4, 0.5) is 0 Å². The van der Waals surface area contributed by atoms with Gasteiger partial charge in [0, 0.05) is 30.9 Å². The van der Waals surface area contributed by atoms with Crippen molar-refractivity contribution in [3.63, 3.8) is 0 Å². The molecule has 0 aliphatic carbocycles. The Bertz CT molecular complexity index is 532. The summed E-state index contributed by atoms with van der Waals surface area (Å²) in [4.78, 5) is 2.52. The second-order valence-electron chi connectivity index (χ2n) is 5.37. The molecule has 3 atom stereocenters. The van der Waals surface area contributed by atoms with Crippen LogP contribution in [0.15, 0.2) is 14.5 Å². The monoisotopic (exact) mass is 388 g/mol. The first kappa shape index (κ1) is 21.6. The highest BCUT2D eigenvalue weighted by molar-refractivity contribution is 8.02. The summed E-state index contributed by atoms with van der Waals surface area (Å²) in [6, 6.07) is 4.11. The molecule has 0 bridgehead atoms. The molecule has 1 saturated heterocycles. The van der Waals surface area contributed by atoms with Crippen molar-refractivity contribution < 1.29 is 5.11 Å². The van der Waals surface area contributed by atoms with Gasteiger partial charge in [-0.05, 0) is 37.5 Å². The van der Waals surface area contributed by atoms with Crippen LogP contribution in [0.3, 0.4) is 0 Å². The van der Waals surface area contributed by atoms with Crippen molar-refractivity contribution in [2.24, 2.45) is 0 Å². The molecule has 0 aromatic carbocycles. The van der Waals surface area contributed by atoms with Crippen molar-refractivity contribution in [3.8, 4) is 6.26 Å². The van der Waals surface area contributed by atoms with Gasteiger partial charge in [-0.25, -0.2) is 0 Å². The molecule has 0 saturated carbocycles. The average Bonchev–Trinajstić information content (AvgIpc) is 2.99. The van der Waals surface area contributed by atoms with E-state index in [4.69, 9.17) is 10.4 Å². The molecule has 136 valence electrons. The lowest BCUT2D eigenvalue weighted by molar-refractivity contribution is 0.134. The fourth-order valence-corrected chi connectivity index (χ4v) is 6.59. The predicted molar refractivity (Wildman–Crippen MR) is 105 cm³/mol. The zero-order chi connectivity index (χ0) is 18.1. The van der Waals surface area contributed by atoms with Gasteiger partial charge in [0.05, 0.1) is 14.5 Å². The molecule has 1 aromatic rings. The van der Waals surface area contributed by atoms with Crippen LogP contribution in [-0.4, -0.2) is 48.0 Å². The van der Waals surface area contributed by atoms with Crippen molar-refractivity contribution in [3.05, 3.63) is 11.6 Å². The summed E-state index contributed by atoms with van der Waals surface area (Å²) in [5.74, 6) is 1.21. The minimum absolute atomic E-state index is 0.511. The van der Waals surface area contributed by atoms with Gasteiger partial charge in [0.1, 0.15) is 0 Å². The van der Waals surface area contributed by atoms with E-state index < -0.39 is 0 Å². The Morgan fingerprint density at radius 2 is 2.21 bits per heavy atom. The van der Waals surface area contributed by atoms with E-state index in [9.17, 15) is 0 Å². The normalized spacial score (nSPS) is 25.1. The van der Waals surface area contributed by atoms with Crippen LogP contribution in [0.2, 0.25) is 0 Å². The minimum Gasteiger partial charge on any atom is -0.443 e. The number of nitrogens with one attached hydrogen (secondary N) is 2. The molecule has 3 heterocycles. The number of aliphatic hydroxyl groups is 1. The second kappa shape index (κ2) is 11.2. The van der Waals surface area contributed by atoms with Gasteiger partial charge in [-0.1, -0.05) is 20.8 Å². The zero-order valence-electron chi connectivity index (χ0n) is 15.0. The Kier molecular flexibility index (Phi) is 10.1. The van der Waals surface area contributed by atoms with E-state index in [0.717, 1.165) is 19.3 Å². The minimum atomic E-state index is 0.511. The highest BCUT2D eigenvalue weighted by Crippen LogP contribution is 2.46. The molecule has 5 nitrogen and oxygen atoms in total. The number of nitriles is 1. The van der Waals surface area contributed by atoms with E-state index in [-0.39, 0.29) is 0 Å². The van der Waals surface area contributed by atoms with E-state index >= 15 is 0 Å². The largest absolute Gasteiger partial charge is 0.443 e. The van der Waals surface area contributed by atoms with Crippen molar-refractivity contribution in [1.82, 2.24) is 14.9 Å². The highest BCUT2D eigenvalue weighted by atomic mass is 32.2. The van der Waals surface area contributed by atoms with Gasteiger partial charge in [0.15, 0.2) is 0 Å². The standard InChI is InChI=1S/C13H21N3S3.C2H6.CHNO/c1-4-14-19-11-5-9-12-10(7-17-13(9)18-11)16(3)6-8(2)15-12;1-2;2-1-3/h5,8,10,12,14-15H,4,6-7H2,1-3H3;1-2H3;3H. The second-order valence-corrected chi connectivity index (χ2v) is 8.90. The Labute approximate surface area is 158 Å². The average molecular weight is 389 g/mol. The first-order valence-electron chi connectivity index (χ1n) is 8.26. The summed E-state index contributed by atoms with van der Waals surface area (Å²) in [7, 11) is 2.27. The van der Waals surface area contributed by atoms with Crippen molar-refractivity contribution in [2.45, 2.75) is 54.2 Å². The number of fused-ring (bicyclic) bond motifs is 3. The summed E-state index contributed by atoms with van der Waals surface area (Å²) in [5.41, 5.74) is 1.52. The molecule has 3 N–H and O–H groups in total. The Morgan fingerprint density at radius 1 is 1.54 bits per heavy atom. The molecule has 2 aliphatic rings. The van der Waals surface area contributed by atoms with Crippen LogP contribution < -0.4 is 10.0 Å². The summed E-state index contributed by atoms with van der Waals surface area (Å²) >= 11 is 5.74. The smallest absolute Gasteiger partial charge is 0.283 e. The van der Waals surface area contributed by atoms with E-state index in [1.807, 2.05) is 36.9 Å². The van der Waals surface area contributed by atoms with Crippen LogP contribution in [-0.2, 0) is 0 Å². The third-order valence-electron chi connectivity index (χ3n) is 3.72. The molecule has 24 heavy (non-hydrogen) atoms. The SMILES string of the molecule is CC.CCNSc1cc2c(s1)SCC1C2NC(C)CN1C.N#CO. The third-order valence-corrected chi connectivity index (χ3v) is 7.32. The molecular weight excluding hydrogens is 360 g/mol. The summed E-state index contributed by atoms with van der Waals surface area (Å²) < 4.78 is 6.25. The Hall–Kier alpha value is -0.430. The van der Waals surface area contributed by atoms with Crippen LogP contribution in [0.5, 0.6) is 0 Å². The number of hydrogen-bond donors (Lipinski definition) is 3. The lowest BCUT2D eigenvalue weighted by Crippen LogP contribution is -2.57. The van der Waals surface area contributed by atoms with Crippen LogP contribution in [0.1, 0.15) is 39.3 Å². The number of thiophene rings is 1. The molecule has 2 aliphatic heterocycles. The summed E-state index contributed by atoms with van der Waals surface area (Å²) in [6.07, 6.45) is 0.750. The van der Waals surface area contributed by atoms with Crippen molar-refractivity contribution >= 4 is 35.0 Å². The maximum atomic E-state index is 6.88. The molecule has 3 rings (SSSR count). The Morgan fingerprint density at radius 3 is 2.83 bits per heavy atom. The van der Waals surface area contributed by atoms with Crippen molar-refractivity contribution in [2.75, 3.05) is 25.9 Å². The van der Waals surface area contributed by atoms with E-state index in [1.54, 1.807) is 11.9 Å². The van der Waals surface area contributed by atoms with E-state index in [1.165, 1.54) is 19.7 Å². The van der Waals surface area contributed by atoms with Gasteiger partial charge in [-0.3, -0.25) is 9.62 Å². The molecule has 0 amide bonds. The summed E-state index contributed by atoms with van der Waals surface area (Å²) in [5, 5.41) is 17.5. The lowest BCUT2D eigenvalue weighted by Gasteiger charge is -2.45. The van der Waals surface area contributed by atoms with E-state index in [2.05, 4.69) is 41.9 Å². The maximum Gasteiger partial charge on any atom is 0.283 e. The number of rotatable bonds is 3. The maximum absolute atomic E-state index is 6.88. The molecule has 1 fully saturated rings. The highest BCUT2D eigenvalue weighted by Gasteiger charge is 2.38. The fraction of sp³-hybridized carbons (Fsp3) is 0.688. The number of likely N-dealkylation sites (N-methyl/N-ethyl adjacent to an activating group) is 1. The quantitative estimate of drug-likeness (QED) is 0.539.